The van der Waals surface area contributed by atoms with Gasteiger partial charge in [0.1, 0.15) is 17.2 Å². The normalized spacial score (nSPS) is 21.9. The van der Waals surface area contributed by atoms with Crippen molar-refractivity contribution in [3.8, 4) is 0 Å². The van der Waals surface area contributed by atoms with Crippen molar-refractivity contribution in [1.29, 1.82) is 0 Å². The second-order valence-electron chi connectivity index (χ2n) is 6.70. The van der Waals surface area contributed by atoms with Crippen molar-refractivity contribution in [2.45, 2.75) is 62.1 Å². The van der Waals surface area contributed by atoms with Gasteiger partial charge in [0.2, 0.25) is 0 Å². The van der Waals surface area contributed by atoms with E-state index >= 15 is 0 Å². The lowest BCUT2D eigenvalue weighted by Gasteiger charge is -2.23. The highest BCUT2D eigenvalue weighted by molar-refractivity contribution is 7.98. The Morgan fingerprint density at radius 2 is 2.08 bits per heavy atom. The first-order valence-corrected chi connectivity index (χ1v) is 9.96. The third-order valence-corrected chi connectivity index (χ3v) is 5.92. The molecule has 2 aliphatic heterocycles. The average molecular weight is 364 g/mol. The number of hydrogen-bond acceptors (Lipinski definition) is 8. The van der Waals surface area contributed by atoms with Crippen molar-refractivity contribution < 1.29 is 9.37 Å². The minimum absolute atomic E-state index is 0.270. The molecule has 0 bridgehead atoms. The fourth-order valence-corrected chi connectivity index (χ4v) is 4.42. The van der Waals surface area contributed by atoms with Crippen molar-refractivity contribution in [1.82, 2.24) is 30.4 Å². The van der Waals surface area contributed by atoms with Gasteiger partial charge < -0.3 is 14.6 Å². The minimum atomic E-state index is 0.270. The Morgan fingerprint density at radius 3 is 2.80 bits per heavy atom. The molecule has 0 aliphatic carbocycles. The molecule has 1 atom stereocenters. The average Bonchev–Trinajstić information content (AvgIpc) is 3.37. The van der Waals surface area contributed by atoms with Gasteiger partial charge in [0.05, 0.1) is 12.6 Å². The van der Waals surface area contributed by atoms with Gasteiger partial charge in [0.25, 0.3) is 0 Å². The third kappa shape index (κ3) is 3.88. The van der Waals surface area contributed by atoms with Crippen LogP contribution in [0.1, 0.15) is 48.8 Å². The van der Waals surface area contributed by atoms with E-state index in [4.69, 9.17) is 9.37 Å². The van der Waals surface area contributed by atoms with Crippen molar-refractivity contribution in [2.75, 3.05) is 19.7 Å². The first-order chi connectivity index (χ1) is 12.3. The monoisotopic (exact) mass is 364 g/mol. The summed E-state index contributed by atoms with van der Waals surface area (Å²) in [6, 6.07) is 0. The highest BCUT2D eigenvalue weighted by atomic mass is 32.2. The molecule has 0 spiro atoms. The number of rotatable bonds is 6. The van der Waals surface area contributed by atoms with Gasteiger partial charge in [-0.3, -0.25) is 0 Å². The molecule has 0 saturated carbocycles. The molecule has 0 radical (unpaired) electrons. The zero-order chi connectivity index (χ0) is 17.1. The molecule has 2 aliphatic rings. The highest BCUT2D eigenvalue weighted by Crippen LogP contribution is 2.30. The number of ether oxygens (including phenoxy) is 1. The maximum absolute atomic E-state index is 5.86. The molecule has 2 aromatic rings. The molecule has 4 rings (SSSR count). The molecular formula is C16H24N6O2S. The summed E-state index contributed by atoms with van der Waals surface area (Å²) in [6.07, 6.45) is 4.75. The van der Waals surface area contributed by atoms with Crippen LogP contribution in [0.2, 0.25) is 0 Å². The van der Waals surface area contributed by atoms with Gasteiger partial charge in [-0.1, -0.05) is 22.1 Å². The number of nitrogens with one attached hydrogen (secondary N) is 1. The third-order valence-electron chi connectivity index (χ3n) is 4.94. The fraction of sp³-hybridized carbons (Fsp3) is 0.750. The number of aryl methyl sites for hydroxylation is 1. The van der Waals surface area contributed by atoms with Crippen LogP contribution in [-0.2, 0) is 17.0 Å². The van der Waals surface area contributed by atoms with Crippen LogP contribution in [0.15, 0.2) is 9.79 Å². The van der Waals surface area contributed by atoms with Gasteiger partial charge in [-0.05, 0) is 45.7 Å². The standard InChI is InChI=1S/C16H24N6O2S/c1-11-14(21-24-20-11)10-25-16-19-18-15(12-4-6-17-7-5-12)22(16)9-13-3-2-8-23-13/h12-13,17H,2-10H2,1H3. The predicted octanol–water partition coefficient (Wildman–Crippen LogP) is 1.91. The van der Waals surface area contributed by atoms with E-state index < -0.39 is 0 Å². The maximum Gasteiger partial charge on any atom is 0.191 e. The summed E-state index contributed by atoms with van der Waals surface area (Å²) in [5, 5.41) is 21.2. The molecule has 0 amide bonds. The predicted molar refractivity (Wildman–Crippen MR) is 92.4 cm³/mol. The van der Waals surface area contributed by atoms with Gasteiger partial charge in [0, 0.05) is 18.3 Å². The van der Waals surface area contributed by atoms with E-state index in [2.05, 4.69) is 30.4 Å². The molecule has 0 aromatic carbocycles. The van der Waals surface area contributed by atoms with Crippen LogP contribution in [0, 0.1) is 6.92 Å². The summed E-state index contributed by atoms with van der Waals surface area (Å²) in [5.74, 6) is 2.26. The van der Waals surface area contributed by atoms with E-state index in [1.54, 1.807) is 11.8 Å². The first kappa shape index (κ1) is 17.0. The fourth-order valence-electron chi connectivity index (χ4n) is 3.47. The largest absolute Gasteiger partial charge is 0.376 e. The van der Waals surface area contributed by atoms with Gasteiger partial charge in [-0.15, -0.1) is 10.2 Å². The Morgan fingerprint density at radius 1 is 1.20 bits per heavy atom. The van der Waals surface area contributed by atoms with Gasteiger partial charge >= 0.3 is 0 Å². The van der Waals surface area contributed by atoms with E-state index in [-0.39, 0.29) is 6.10 Å². The topological polar surface area (TPSA) is 90.9 Å². The molecule has 4 heterocycles. The van der Waals surface area contributed by atoms with Crippen LogP contribution >= 0.6 is 11.8 Å². The van der Waals surface area contributed by atoms with Crippen LogP contribution in [0.25, 0.3) is 0 Å². The molecule has 9 heteroatoms. The van der Waals surface area contributed by atoms with Crippen LogP contribution in [0.5, 0.6) is 0 Å². The van der Waals surface area contributed by atoms with E-state index in [0.717, 1.165) is 74.3 Å². The number of nitrogens with zero attached hydrogens (tertiary/aromatic N) is 5. The molecule has 8 nitrogen and oxygen atoms in total. The number of thioether (sulfide) groups is 1. The SMILES string of the molecule is Cc1nonc1CSc1nnc(C2CCNCC2)n1CC1CCCO1. The highest BCUT2D eigenvalue weighted by Gasteiger charge is 2.26. The molecule has 136 valence electrons. The molecule has 25 heavy (non-hydrogen) atoms. The summed E-state index contributed by atoms with van der Waals surface area (Å²) in [7, 11) is 0. The van der Waals surface area contributed by atoms with Crippen molar-refractivity contribution in [3.05, 3.63) is 17.2 Å². The summed E-state index contributed by atoms with van der Waals surface area (Å²) in [5.41, 5.74) is 1.69. The lowest BCUT2D eigenvalue weighted by molar-refractivity contribution is 0.0936. The van der Waals surface area contributed by atoms with Gasteiger partial charge in [-0.2, -0.15) is 0 Å². The van der Waals surface area contributed by atoms with E-state index in [9.17, 15) is 0 Å². The zero-order valence-electron chi connectivity index (χ0n) is 14.5. The Kier molecular flexibility index (Phi) is 5.33. The first-order valence-electron chi connectivity index (χ1n) is 8.97. The van der Waals surface area contributed by atoms with Gasteiger partial charge in [0.15, 0.2) is 5.16 Å². The molecule has 2 saturated heterocycles. The molecular weight excluding hydrogens is 340 g/mol. The number of piperidine rings is 1. The smallest absolute Gasteiger partial charge is 0.191 e. The molecule has 2 fully saturated rings. The van der Waals surface area contributed by atoms with Crippen molar-refractivity contribution in [3.63, 3.8) is 0 Å². The lowest BCUT2D eigenvalue weighted by Crippen LogP contribution is -2.29. The van der Waals surface area contributed by atoms with E-state index in [1.807, 2.05) is 6.92 Å². The summed E-state index contributed by atoms with van der Waals surface area (Å²) < 4.78 is 12.9. The van der Waals surface area contributed by atoms with Crippen molar-refractivity contribution in [2.24, 2.45) is 0 Å². The second kappa shape index (κ2) is 7.84. The van der Waals surface area contributed by atoms with E-state index in [0.29, 0.717) is 11.7 Å². The quantitative estimate of drug-likeness (QED) is 0.777. The molecule has 2 aromatic heterocycles. The van der Waals surface area contributed by atoms with Crippen LogP contribution in [0.3, 0.4) is 0 Å². The second-order valence-corrected chi connectivity index (χ2v) is 7.64. The summed E-state index contributed by atoms with van der Waals surface area (Å²) >= 11 is 1.64. The Balaban J connectivity index is 1.53. The summed E-state index contributed by atoms with van der Waals surface area (Å²) in [4.78, 5) is 0. The van der Waals surface area contributed by atoms with Crippen LogP contribution in [-0.4, -0.2) is 50.9 Å². The zero-order valence-corrected chi connectivity index (χ0v) is 15.3. The lowest BCUT2D eigenvalue weighted by atomic mass is 9.97. The Hall–Kier alpha value is -1.45. The molecule has 1 unspecified atom stereocenters. The van der Waals surface area contributed by atoms with Gasteiger partial charge in [-0.25, -0.2) is 4.63 Å². The number of aromatic nitrogens is 5. The summed E-state index contributed by atoms with van der Waals surface area (Å²) in [6.45, 7) is 5.70. The maximum atomic E-state index is 5.86. The molecule has 1 N–H and O–H groups in total. The number of hydrogen-bond donors (Lipinski definition) is 1. The van der Waals surface area contributed by atoms with Crippen LogP contribution in [0.4, 0.5) is 0 Å². The Bertz CT molecular complexity index is 691. The minimum Gasteiger partial charge on any atom is -0.376 e. The van der Waals surface area contributed by atoms with Crippen molar-refractivity contribution >= 4 is 11.8 Å². The Labute approximate surface area is 151 Å². The van der Waals surface area contributed by atoms with Crippen LogP contribution < -0.4 is 5.32 Å². The van der Waals surface area contributed by atoms with E-state index in [1.165, 1.54) is 0 Å².